The van der Waals surface area contributed by atoms with Gasteiger partial charge in [-0.25, -0.2) is 9.59 Å². The number of hydrogen-bond acceptors (Lipinski definition) is 5. The monoisotopic (exact) mass is 461 g/mol. The van der Waals surface area contributed by atoms with E-state index in [-0.39, 0.29) is 17.1 Å². The topological polar surface area (TPSA) is 81.7 Å². The maximum absolute atomic E-state index is 13.4. The average Bonchev–Trinajstić information content (AvgIpc) is 2.59. The Hall–Kier alpha value is -2.60. The molecule has 1 aromatic rings. The first-order chi connectivity index (χ1) is 14.6. The summed E-state index contributed by atoms with van der Waals surface area (Å²) in [5.41, 5.74) is -0.193. The highest BCUT2D eigenvalue weighted by Gasteiger charge is 2.40. The second kappa shape index (κ2) is 9.49. The molecule has 0 fully saturated rings. The smallest absolute Gasteiger partial charge is 0.339 e. The van der Waals surface area contributed by atoms with Crippen molar-refractivity contribution in [3.8, 4) is 0 Å². The molecule has 0 heterocycles. The lowest BCUT2D eigenvalue weighted by atomic mass is 9.78. The second-order valence-electron chi connectivity index (χ2n) is 9.90. The summed E-state index contributed by atoms with van der Waals surface area (Å²) >= 11 is 6.21. The van der Waals surface area contributed by atoms with E-state index in [0.717, 1.165) is 0 Å². The molecule has 0 spiro atoms. The molecule has 0 aromatic heterocycles. The van der Waals surface area contributed by atoms with Gasteiger partial charge < -0.3 is 14.8 Å². The SMILES string of the molecule is CC(=O)N[C@H]1C=C(c2cccc(Cl)c2)C(C(=O)OC(C)(C)C)=C(C(=O)OC(C)(C)C)[C@H]1C. The van der Waals surface area contributed by atoms with Crippen LogP contribution in [0.3, 0.4) is 0 Å². The molecule has 6 nitrogen and oxygen atoms in total. The molecule has 174 valence electrons. The maximum Gasteiger partial charge on any atom is 0.339 e. The summed E-state index contributed by atoms with van der Waals surface area (Å²) in [5, 5.41) is 3.33. The van der Waals surface area contributed by atoms with E-state index < -0.39 is 35.1 Å². The van der Waals surface area contributed by atoms with Crippen molar-refractivity contribution in [3.05, 3.63) is 52.1 Å². The van der Waals surface area contributed by atoms with Gasteiger partial charge in [0.15, 0.2) is 0 Å². The van der Waals surface area contributed by atoms with E-state index in [9.17, 15) is 14.4 Å². The Morgan fingerprint density at radius 1 is 0.969 bits per heavy atom. The summed E-state index contributed by atoms with van der Waals surface area (Å²) < 4.78 is 11.3. The number of nitrogens with one attached hydrogen (secondary N) is 1. The van der Waals surface area contributed by atoms with Gasteiger partial charge in [-0.05, 0) is 64.8 Å². The highest BCUT2D eigenvalue weighted by Crippen LogP contribution is 2.39. The third-order valence-electron chi connectivity index (χ3n) is 4.61. The normalized spacial score (nSPS) is 19.2. The van der Waals surface area contributed by atoms with E-state index >= 15 is 0 Å². The van der Waals surface area contributed by atoms with E-state index in [0.29, 0.717) is 16.2 Å². The van der Waals surface area contributed by atoms with Crippen molar-refractivity contribution in [1.82, 2.24) is 5.32 Å². The van der Waals surface area contributed by atoms with Crippen molar-refractivity contribution in [1.29, 1.82) is 0 Å². The summed E-state index contributed by atoms with van der Waals surface area (Å²) in [6.07, 6.45) is 1.77. The number of rotatable bonds is 4. The minimum absolute atomic E-state index is 0.116. The predicted octanol–water partition coefficient (Wildman–Crippen LogP) is 4.86. The zero-order valence-electron chi connectivity index (χ0n) is 20.0. The third kappa shape index (κ3) is 6.70. The number of carbonyl (C=O) groups is 3. The van der Waals surface area contributed by atoms with E-state index in [2.05, 4.69) is 5.32 Å². The van der Waals surface area contributed by atoms with Crippen molar-refractivity contribution < 1.29 is 23.9 Å². The Labute approximate surface area is 195 Å². The molecule has 2 rings (SSSR count). The van der Waals surface area contributed by atoms with Crippen LogP contribution in [0.4, 0.5) is 0 Å². The van der Waals surface area contributed by atoms with Gasteiger partial charge >= 0.3 is 11.9 Å². The summed E-state index contributed by atoms with van der Waals surface area (Å²) in [6.45, 7) is 13.7. The Morgan fingerprint density at radius 2 is 1.53 bits per heavy atom. The molecule has 0 unspecified atom stereocenters. The van der Waals surface area contributed by atoms with Crippen LogP contribution in [0.1, 0.15) is 61.0 Å². The van der Waals surface area contributed by atoms with Gasteiger partial charge in [-0.15, -0.1) is 0 Å². The van der Waals surface area contributed by atoms with Gasteiger partial charge in [0.05, 0.1) is 17.2 Å². The third-order valence-corrected chi connectivity index (χ3v) is 4.84. The molecular formula is C25H32ClNO5. The van der Waals surface area contributed by atoms with Gasteiger partial charge in [-0.3, -0.25) is 4.79 Å². The first-order valence-corrected chi connectivity index (χ1v) is 10.9. The summed E-state index contributed by atoms with van der Waals surface area (Å²) in [6, 6.07) is 6.42. The lowest BCUT2D eigenvalue weighted by Gasteiger charge is -2.33. The maximum atomic E-state index is 13.4. The molecule has 0 bridgehead atoms. The van der Waals surface area contributed by atoms with E-state index in [4.69, 9.17) is 21.1 Å². The largest absolute Gasteiger partial charge is 0.457 e. The Balaban J connectivity index is 2.79. The molecule has 2 atom stereocenters. The summed E-state index contributed by atoms with van der Waals surface area (Å²) in [7, 11) is 0. The number of amides is 1. The van der Waals surface area contributed by atoms with Crippen LogP contribution < -0.4 is 5.32 Å². The van der Waals surface area contributed by atoms with E-state index in [1.54, 1.807) is 78.8 Å². The number of benzene rings is 1. The highest BCUT2D eigenvalue weighted by molar-refractivity contribution is 6.30. The van der Waals surface area contributed by atoms with Crippen LogP contribution in [0.15, 0.2) is 41.5 Å². The number of hydrogen-bond donors (Lipinski definition) is 1. The fraction of sp³-hybridized carbons (Fsp3) is 0.480. The molecule has 0 saturated carbocycles. The van der Waals surface area contributed by atoms with Gasteiger partial charge in [0.25, 0.3) is 0 Å². The molecule has 1 aliphatic rings. The Bertz CT molecular complexity index is 979. The molecule has 32 heavy (non-hydrogen) atoms. The summed E-state index contributed by atoms with van der Waals surface area (Å²) in [4.78, 5) is 38.6. The first-order valence-electron chi connectivity index (χ1n) is 10.5. The molecule has 0 radical (unpaired) electrons. The van der Waals surface area contributed by atoms with Gasteiger partial charge in [0, 0.05) is 17.9 Å². The fourth-order valence-corrected chi connectivity index (χ4v) is 3.62. The minimum Gasteiger partial charge on any atom is -0.457 e. The van der Waals surface area contributed by atoms with Crippen molar-refractivity contribution in [2.24, 2.45) is 5.92 Å². The van der Waals surface area contributed by atoms with Crippen molar-refractivity contribution in [2.45, 2.75) is 72.6 Å². The number of halogens is 1. The summed E-state index contributed by atoms with van der Waals surface area (Å²) in [5.74, 6) is -2.06. The van der Waals surface area contributed by atoms with E-state index in [1.165, 1.54) is 6.92 Å². The van der Waals surface area contributed by atoms with Crippen LogP contribution in [0.2, 0.25) is 5.02 Å². The van der Waals surface area contributed by atoms with E-state index in [1.807, 2.05) is 0 Å². The molecule has 1 aliphatic carbocycles. The van der Waals surface area contributed by atoms with Crippen LogP contribution in [-0.4, -0.2) is 35.1 Å². The van der Waals surface area contributed by atoms with Crippen LogP contribution in [-0.2, 0) is 23.9 Å². The van der Waals surface area contributed by atoms with Crippen molar-refractivity contribution in [2.75, 3.05) is 0 Å². The predicted molar refractivity (Wildman–Crippen MR) is 125 cm³/mol. The quantitative estimate of drug-likeness (QED) is 0.647. The van der Waals surface area contributed by atoms with Crippen LogP contribution in [0.5, 0.6) is 0 Å². The standard InChI is InChI=1S/C25H32ClNO5/c1-14-19(27-15(2)28)13-18(16-10-9-11-17(26)12-16)21(23(30)32-25(6,7)8)20(14)22(29)31-24(3,4)5/h9-14,19H,1-8H3,(H,27,28)/t14-,19-/m0/s1. The lowest BCUT2D eigenvalue weighted by molar-refractivity contribution is -0.153. The van der Waals surface area contributed by atoms with Crippen LogP contribution in [0, 0.1) is 5.92 Å². The zero-order chi connectivity index (χ0) is 24.4. The molecule has 1 N–H and O–H groups in total. The molecule has 0 aliphatic heterocycles. The molecule has 1 aromatic carbocycles. The van der Waals surface area contributed by atoms with Gasteiger partial charge in [-0.2, -0.15) is 0 Å². The van der Waals surface area contributed by atoms with Crippen LogP contribution >= 0.6 is 11.6 Å². The minimum atomic E-state index is -0.777. The first kappa shape index (κ1) is 25.7. The molecule has 7 heteroatoms. The van der Waals surface area contributed by atoms with Gasteiger partial charge in [-0.1, -0.05) is 36.7 Å². The van der Waals surface area contributed by atoms with Crippen molar-refractivity contribution >= 4 is 35.0 Å². The van der Waals surface area contributed by atoms with Crippen LogP contribution in [0.25, 0.3) is 5.57 Å². The van der Waals surface area contributed by atoms with Gasteiger partial charge in [0.1, 0.15) is 11.2 Å². The average molecular weight is 462 g/mol. The number of ether oxygens (including phenoxy) is 2. The Kier molecular flexibility index (Phi) is 7.61. The molecule has 0 saturated heterocycles. The highest BCUT2D eigenvalue weighted by atomic mass is 35.5. The molecule has 1 amide bonds. The number of esters is 2. The lowest BCUT2D eigenvalue weighted by Crippen LogP contribution is -2.43. The molecular weight excluding hydrogens is 430 g/mol. The number of carbonyl (C=O) groups excluding carboxylic acids is 3. The Morgan fingerprint density at radius 3 is 2.03 bits per heavy atom. The zero-order valence-corrected chi connectivity index (χ0v) is 20.7. The van der Waals surface area contributed by atoms with Gasteiger partial charge in [0.2, 0.25) is 5.91 Å². The second-order valence-corrected chi connectivity index (χ2v) is 10.3. The fourth-order valence-electron chi connectivity index (χ4n) is 3.43. The van der Waals surface area contributed by atoms with Crippen molar-refractivity contribution in [3.63, 3.8) is 0 Å².